The van der Waals surface area contributed by atoms with E-state index in [1.807, 2.05) is 47.6 Å². The van der Waals surface area contributed by atoms with Gasteiger partial charge in [-0.3, -0.25) is 9.59 Å². The number of esters is 2. The summed E-state index contributed by atoms with van der Waals surface area (Å²) in [6.07, 6.45) is 0.988. The van der Waals surface area contributed by atoms with E-state index in [4.69, 9.17) is 9.47 Å². The fourth-order valence-corrected chi connectivity index (χ4v) is 7.74. The van der Waals surface area contributed by atoms with Crippen molar-refractivity contribution in [3.63, 3.8) is 0 Å². The fraction of sp³-hybridized carbons (Fsp3) is 0.680. The molecule has 0 N–H and O–H groups in total. The van der Waals surface area contributed by atoms with Crippen LogP contribution in [0.3, 0.4) is 0 Å². The minimum Gasteiger partial charge on any atom is -0.459 e. The van der Waals surface area contributed by atoms with Gasteiger partial charge in [0, 0.05) is 0 Å². The second-order valence-corrected chi connectivity index (χ2v) is 16.4. The third-order valence-electron chi connectivity index (χ3n) is 5.99. The molecule has 1 aromatic carbocycles. The van der Waals surface area contributed by atoms with Crippen LogP contribution in [0.15, 0.2) is 30.3 Å². The highest BCUT2D eigenvalue weighted by atomic mass is 28.3. The van der Waals surface area contributed by atoms with Crippen LogP contribution in [0.1, 0.15) is 61.3 Å². The van der Waals surface area contributed by atoms with Crippen LogP contribution in [0.5, 0.6) is 0 Å². The third-order valence-corrected chi connectivity index (χ3v) is 9.43. The quantitative estimate of drug-likeness (QED) is 0.359. The molecule has 0 aliphatic heterocycles. The molecule has 0 aromatic heterocycles. The number of carbonyl (C=O) groups excluding carboxylic acids is 2. The minimum atomic E-state index is -1.72. The van der Waals surface area contributed by atoms with Crippen LogP contribution in [-0.4, -0.2) is 31.2 Å². The molecular formula is C25H40O4Si. The lowest BCUT2D eigenvalue weighted by molar-refractivity contribution is -0.185. The van der Waals surface area contributed by atoms with Crippen LogP contribution in [0.4, 0.5) is 0 Å². The van der Waals surface area contributed by atoms with Crippen LogP contribution in [0.25, 0.3) is 0 Å². The van der Waals surface area contributed by atoms with Gasteiger partial charge in [0.1, 0.15) is 11.2 Å². The van der Waals surface area contributed by atoms with Gasteiger partial charge in [-0.2, -0.15) is 0 Å². The van der Waals surface area contributed by atoms with Crippen molar-refractivity contribution >= 4 is 25.2 Å². The molecule has 1 aromatic rings. The lowest BCUT2D eigenvalue weighted by Gasteiger charge is -2.33. The molecule has 4 nitrogen and oxygen atoms in total. The summed E-state index contributed by atoms with van der Waals surface area (Å²) in [6, 6.07) is 11.7. The standard InChI is InChI=1S/C25H40O4Si/c1-18-15-25(21(26)28-23(2,3)4,22(27)29-24(5,6)7)16-19(18)17-30(8,9)20-13-11-10-12-14-20/h10-14,18-19H,15-17H2,1-9H3/t18-,19+/m1/s1. The van der Waals surface area contributed by atoms with Crippen LogP contribution in [0.2, 0.25) is 19.1 Å². The van der Waals surface area contributed by atoms with Gasteiger partial charge < -0.3 is 9.47 Å². The predicted molar refractivity (Wildman–Crippen MR) is 124 cm³/mol. The molecule has 0 saturated heterocycles. The SMILES string of the molecule is C[C@@H]1CC(C(=O)OC(C)(C)C)(C(=O)OC(C)(C)C)C[C@H]1C[Si](C)(C)c1ccccc1. The van der Waals surface area contributed by atoms with E-state index in [0.717, 1.165) is 6.04 Å². The molecule has 2 atom stereocenters. The maximum atomic E-state index is 13.3. The van der Waals surface area contributed by atoms with Gasteiger partial charge in [-0.05, 0) is 66.2 Å². The summed E-state index contributed by atoms with van der Waals surface area (Å²) in [7, 11) is -1.72. The molecule has 30 heavy (non-hydrogen) atoms. The van der Waals surface area contributed by atoms with E-state index in [-0.39, 0.29) is 11.8 Å². The number of rotatable bonds is 5. The largest absolute Gasteiger partial charge is 0.459 e. The smallest absolute Gasteiger partial charge is 0.324 e. The molecule has 0 spiro atoms. The van der Waals surface area contributed by atoms with E-state index in [0.29, 0.717) is 12.8 Å². The fourth-order valence-electron chi connectivity index (χ4n) is 4.55. The normalized spacial score (nSPS) is 21.9. The molecule has 0 radical (unpaired) electrons. The second-order valence-electron chi connectivity index (χ2n) is 11.7. The molecule has 1 aliphatic rings. The van der Waals surface area contributed by atoms with Crippen molar-refractivity contribution in [1.29, 1.82) is 0 Å². The lowest BCUT2D eigenvalue weighted by atomic mass is 9.84. The number of hydrogen-bond donors (Lipinski definition) is 0. The van der Waals surface area contributed by atoms with Gasteiger partial charge in [0.2, 0.25) is 0 Å². The summed E-state index contributed by atoms with van der Waals surface area (Å²) < 4.78 is 11.5. The van der Waals surface area contributed by atoms with Crippen LogP contribution >= 0.6 is 0 Å². The highest BCUT2D eigenvalue weighted by Crippen LogP contribution is 2.51. The van der Waals surface area contributed by atoms with Gasteiger partial charge in [-0.15, -0.1) is 0 Å². The van der Waals surface area contributed by atoms with Gasteiger partial charge in [-0.1, -0.05) is 61.6 Å². The Morgan fingerprint density at radius 2 is 1.40 bits per heavy atom. The van der Waals surface area contributed by atoms with E-state index in [2.05, 4.69) is 44.3 Å². The average Bonchev–Trinajstić information content (AvgIpc) is 2.90. The zero-order valence-electron chi connectivity index (χ0n) is 20.3. The number of carbonyl (C=O) groups is 2. The Morgan fingerprint density at radius 1 is 0.933 bits per heavy atom. The Balaban J connectivity index is 2.33. The van der Waals surface area contributed by atoms with Gasteiger partial charge in [-0.25, -0.2) is 0 Å². The summed E-state index contributed by atoms with van der Waals surface area (Å²) >= 11 is 0. The van der Waals surface area contributed by atoms with Crippen molar-refractivity contribution in [2.75, 3.05) is 0 Å². The van der Waals surface area contributed by atoms with Crippen molar-refractivity contribution in [3.8, 4) is 0 Å². The molecule has 0 amide bonds. The maximum absolute atomic E-state index is 13.3. The first-order valence-electron chi connectivity index (χ1n) is 11.1. The van der Waals surface area contributed by atoms with Crippen molar-refractivity contribution in [1.82, 2.24) is 0 Å². The molecule has 5 heteroatoms. The summed E-state index contributed by atoms with van der Waals surface area (Å²) in [5.41, 5.74) is -2.51. The highest BCUT2D eigenvalue weighted by Gasteiger charge is 2.58. The van der Waals surface area contributed by atoms with Crippen molar-refractivity contribution < 1.29 is 19.1 Å². The van der Waals surface area contributed by atoms with Crippen molar-refractivity contribution in [2.45, 2.75) is 91.6 Å². The number of hydrogen-bond acceptors (Lipinski definition) is 4. The van der Waals surface area contributed by atoms with Crippen LogP contribution < -0.4 is 5.19 Å². The monoisotopic (exact) mass is 432 g/mol. The topological polar surface area (TPSA) is 52.6 Å². The number of ether oxygens (including phenoxy) is 2. The molecule has 0 heterocycles. The maximum Gasteiger partial charge on any atom is 0.324 e. The van der Waals surface area contributed by atoms with Crippen LogP contribution in [0, 0.1) is 17.3 Å². The van der Waals surface area contributed by atoms with Gasteiger partial charge in [0.05, 0.1) is 8.07 Å². The summed E-state index contributed by atoms with van der Waals surface area (Å²) in [5, 5.41) is 1.41. The number of benzene rings is 1. The predicted octanol–water partition coefficient (Wildman–Crippen LogP) is 5.32. The van der Waals surface area contributed by atoms with E-state index in [1.165, 1.54) is 5.19 Å². The molecule has 1 aliphatic carbocycles. The molecule has 0 unspecified atom stereocenters. The molecular weight excluding hydrogens is 392 g/mol. The van der Waals surface area contributed by atoms with E-state index in [1.54, 1.807) is 0 Å². The van der Waals surface area contributed by atoms with Crippen molar-refractivity contribution in [2.24, 2.45) is 17.3 Å². The Labute approximate surface area is 183 Å². The minimum absolute atomic E-state index is 0.250. The molecule has 1 saturated carbocycles. The van der Waals surface area contributed by atoms with E-state index < -0.39 is 36.6 Å². The molecule has 1 fully saturated rings. The zero-order valence-corrected chi connectivity index (χ0v) is 21.3. The van der Waals surface area contributed by atoms with Gasteiger partial charge >= 0.3 is 11.9 Å². The second kappa shape index (κ2) is 8.49. The molecule has 2 rings (SSSR count). The summed E-state index contributed by atoms with van der Waals surface area (Å²) in [4.78, 5) is 26.7. The summed E-state index contributed by atoms with van der Waals surface area (Å²) in [6.45, 7) is 18.0. The third kappa shape index (κ3) is 5.96. The van der Waals surface area contributed by atoms with E-state index in [9.17, 15) is 9.59 Å². The summed E-state index contributed by atoms with van der Waals surface area (Å²) in [5.74, 6) is -0.331. The van der Waals surface area contributed by atoms with Crippen molar-refractivity contribution in [3.05, 3.63) is 30.3 Å². The Morgan fingerprint density at radius 3 is 1.83 bits per heavy atom. The van der Waals surface area contributed by atoms with Gasteiger partial charge in [0.25, 0.3) is 0 Å². The lowest BCUT2D eigenvalue weighted by Crippen LogP contribution is -2.46. The first-order valence-corrected chi connectivity index (χ1v) is 14.3. The van der Waals surface area contributed by atoms with Gasteiger partial charge in [0.15, 0.2) is 5.41 Å². The van der Waals surface area contributed by atoms with Crippen LogP contribution in [-0.2, 0) is 19.1 Å². The first kappa shape index (κ1) is 24.6. The Kier molecular flexibility index (Phi) is 6.97. The first-order chi connectivity index (χ1) is 13.6. The Hall–Kier alpha value is -1.62. The molecule has 0 bridgehead atoms. The van der Waals surface area contributed by atoms with E-state index >= 15 is 0 Å². The molecule has 168 valence electrons. The zero-order chi connectivity index (χ0) is 23.0. The average molecular weight is 433 g/mol. The highest BCUT2D eigenvalue weighted by molar-refractivity contribution is 6.89. The Bertz CT molecular complexity index is 728.